The van der Waals surface area contributed by atoms with E-state index >= 15 is 0 Å². The van der Waals surface area contributed by atoms with Crippen LogP contribution in [0.1, 0.15) is 61.6 Å². The van der Waals surface area contributed by atoms with Gasteiger partial charge in [-0.3, -0.25) is 4.79 Å². The smallest absolute Gasteiger partial charge is 0.367 e. The minimum absolute atomic E-state index is 0.000828. The predicted molar refractivity (Wildman–Crippen MR) is 108 cm³/mol. The molecule has 5 nitrogen and oxygen atoms in total. The van der Waals surface area contributed by atoms with Gasteiger partial charge in [-0.2, -0.15) is 18.3 Å². The van der Waals surface area contributed by atoms with Crippen molar-refractivity contribution in [3.8, 4) is 0 Å². The van der Waals surface area contributed by atoms with Crippen molar-refractivity contribution in [2.75, 3.05) is 18.4 Å². The maximum absolute atomic E-state index is 14.0. The van der Waals surface area contributed by atoms with Gasteiger partial charge in [0.25, 0.3) is 5.91 Å². The minimum atomic E-state index is -4.41. The van der Waals surface area contributed by atoms with E-state index in [1.807, 2.05) is 20.8 Å². The van der Waals surface area contributed by atoms with Gasteiger partial charge in [-0.25, -0.2) is 9.07 Å². The van der Waals surface area contributed by atoms with Gasteiger partial charge < -0.3 is 10.2 Å². The summed E-state index contributed by atoms with van der Waals surface area (Å²) in [6.45, 7) is 6.43. The first-order valence-corrected chi connectivity index (χ1v) is 10.4. The molecule has 1 aromatic carbocycles. The van der Waals surface area contributed by atoms with Crippen molar-refractivity contribution in [3.05, 3.63) is 47.4 Å². The monoisotopic (exact) mass is 438 g/mol. The summed E-state index contributed by atoms with van der Waals surface area (Å²) in [6.07, 6.45) is -3.94. The summed E-state index contributed by atoms with van der Waals surface area (Å²) in [4.78, 5) is 14.2. The van der Waals surface area contributed by atoms with Crippen LogP contribution in [0.25, 0.3) is 0 Å². The third kappa shape index (κ3) is 4.14. The molecule has 1 N–H and O–H groups in total. The Hall–Kier alpha value is -2.58. The standard InChI is InChI=1S/C22H26F4N4O/c1-21(2,3)17-11-18(22(24,25)26)30-19(27-17)10-16(28-30)13-8-9-29(12-13)20(31)14-6-4-5-7-15(14)23/h4-7,10,13,17-18,27H,8-9,11-12H2,1-3H3/t13-,17-,18+/m1/s1. The van der Waals surface area contributed by atoms with E-state index in [-0.39, 0.29) is 29.4 Å². The number of aromatic nitrogens is 2. The fourth-order valence-corrected chi connectivity index (χ4v) is 4.35. The van der Waals surface area contributed by atoms with Crippen LogP contribution < -0.4 is 5.32 Å². The maximum atomic E-state index is 14.0. The lowest BCUT2D eigenvalue weighted by molar-refractivity contribution is -0.175. The van der Waals surface area contributed by atoms with E-state index in [9.17, 15) is 22.4 Å². The molecule has 0 unspecified atom stereocenters. The summed E-state index contributed by atoms with van der Waals surface area (Å²) in [5.74, 6) is -0.845. The van der Waals surface area contributed by atoms with Gasteiger partial charge in [0.2, 0.25) is 0 Å². The second-order valence-corrected chi connectivity index (χ2v) is 9.47. The second-order valence-electron chi connectivity index (χ2n) is 9.47. The molecule has 2 aliphatic rings. The molecule has 168 valence electrons. The summed E-state index contributed by atoms with van der Waals surface area (Å²) in [6, 6.07) is 5.41. The van der Waals surface area contributed by atoms with Crippen molar-refractivity contribution < 1.29 is 22.4 Å². The van der Waals surface area contributed by atoms with Gasteiger partial charge in [0.05, 0.1) is 11.3 Å². The number of likely N-dealkylation sites (tertiary alicyclic amines) is 1. The quantitative estimate of drug-likeness (QED) is 0.673. The Kier molecular flexibility index (Phi) is 5.26. The number of amides is 1. The first-order valence-electron chi connectivity index (χ1n) is 10.4. The number of halogens is 4. The molecule has 31 heavy (non-hydrogen) atoms. The Morgan fingerprint density at radius 3 is 2.55 bits per heavy atom. The Labute approximate surface area is 178 Å². The van der Waals surface area contributed by atoms with Gasteiger partial charge in [0.15, 0.2) is 6.04 Å². The zero-order valence-electron chi connectivity index (χ0n) is 17.7. The highest BCUT2D eigenvalue weighted by Crippen LogP contribution is 2.44. The molecule has 1 aromatic heterocycles. The molecule has 2 aliphatic heterocycles. The molecular weight excluding hydrogens is 412 g/mol. The van der Waals surface area contributed by atoms with Gasteiger partial charge in [-0.15, -0.1) is 0 Å². The van der Waals surface area contributed by atoms with Crippen LogP contribution in [0.2, 0.25) is 0 Å². The third-order valence-electron chi connectivity index (χ3n) is 6.25. The number of nitrogens with one attached hydrogen (secondary N) is 1. The van der Waals surface area contributed by atoms with Gasteiger partial charge in [0, 0.05) is 31.1 Å². The molecule has 3 atom stereocenters. The minimum Gasteiger partial charge on any atom is -0.367 e. The van der Waals surface area contributed by atoms with Crippen molar-refractivity contribution in [2.24, 2.45) is 5.41 Å². The van der Waals surface area contributed by atoms with Crippen LogP contribution >= 0.6 is 0 Å². The van der Waals surface area contributed by atoms with Crippen molar-refractivity contribution in [1.29, 1.82) is 0 Å². The number of anilines is 1. The number of carbonyl (C=O) groups is 1. The van der Waals surface area contributed by atoms with Gasteiger partial charge in [-0.1, -0.05) is 32.9 Å². The SMILES string of the molecule is CC(C)(C)[C@H]1C[C@@H](C(F)(F)F)n2nc([C@@H]3CCN(C(=O)c4ccccc4F)C3)cc2N1. The van der Waals surface area contributed by atoms with E-state index in [0.717, 1.165) is 4.68 Å². The molecule has 2 aromatic rings. The van der Waals surface area contributed by atoms with Gasteiger partial charge in [0.1, 0.15) is 11.6 Å². The molecule has 0 aliphatic carbocycles. The molecule has 4 rings (SSSR count). The fourth-order valence-electron chi connectivity index (χ4n) is 4.35. The normalized spacial score (nSPS) is 24.1. The maximum Gasteiger partial charge on any atom is 0.410 e. The number of fused-ring (bicyclic) bond motifs is 1. The highest BCUT2D eigenvalue weighted by Gasteiger charge is 2.48. The van der Waals surface area contributed by atoms with E-state index in [4.69, 9.17) is 0 Å². The van der Waals surface area contributed by atoms with Crippen LogP contribution in [0.5, 0.6) is 0 Å². The zero-order chi connectivity index (χ0) is 22.6. The number of carbonyl (C=O) groups excluding carboxylic acids is 1. The van der Waals surface area contributed by atoms with E-state index in [0.29, 0.717) is 31.0 Å². The van der Waals surface area contributed by atoms with Crippen LogP contribution in [0.15, 0.2) is 30.3 Å². The largest absolute Gasteiger partial charge is 0.410 e. The van der Waals surface area contributed by atoms with E-state index in [2.05, 4.69) is 10.4 Å². The number of benzene rings is 1. The van der Waals surface area contributed by atoms with Crippen molar-refractivity contribution in [2.45, 2.75) is 57.8 Å². The summed E-state index contributed by atoms with van der Waals surface area (Å²) in [5, 5.41) is 7.52. The Balaban J connectivity index is 1.57. The third-order valence-corrected chi connectivity index (χ3v) is 6.25. The molecule has 9 heteroatoms. The fraction of sp³-hybridized carbons (Fsp3) is 0.545. The Morgan fingerprint density at radius 1 is 1.19 bits per heavy atom. The predicted octanol–water partition coefficient (Wildman–Crippen LogP) is 4.99. The first-order chi connectivity index (χ1) is 14.4. The molecule has 0 spiro atoms. The lowest BCUT2D eigenvalue weighted by Gasteiger charge is -2.39. The Bertz CT molecular complexity index is 979. The summed E-state index contributed by atoms with van der Waals surface area (Å²) in [7, 11) is 0. The molecule has 1 saturated heterocycles. The van der Waals surface area contributed by atoms with E-state index < -0.39 is 23.9 Å². The molecule has 1 amide bonds. The highest BCUT2D eigenvalue weighted by molar-refractivity contribution is 5.94. The molecule has 0 bridgehead atoms. The Morgan fingerprint density at radius 2 is 1.90 bits per heavy atom. The zero-order valence-corrected chi connectivity index (χ0v) is 17.7. The van der Waals surface area contributed by atoms with E-state index in [1.165, 1.54) is 23.1 Å². The van der Waals surface area contributed by atoms with Crippen molar-refractivity contribution in [3.63, 3.8) is 0 Å². The molecule has 0 radical (unpaired) electrons. The van der Waals surface area contributed by atoms with Crippen molar-refractivity contribution >= 4 is 11.7 Å². The summed E-state index contributed by atoms with van der Waals surface area (Å²) >= 11 is 0. The van der Waals surface area contributed by atoms with E-state index in [1.54, 1.807) is 12.1 Å². The van der Waals surface area contributed by atoms with Crippen molar-refractivity contribution in [1.82, 2.24) is 14.7 Å². The molecule has 3 heterocycles. The molecule has 0 saturated carbocycles. The van der Waals surface area contributed by atoms with Crippen LogP contribution in [-0.2, 0) is 0 Å². The first kappa shape index (κ1) is 21.6. The lowest BCUT2D eigenvalue weighted by Crippen LogP contribution is -2.44. The van der Waals surface area contributed by atoms with Gasteiger partial charge in [-0.05, 0) is 30.4 Å². The number of alkyl halides is 3. The second kappa shape index (κ2) is 7.53. The van der Waals surface area contributed by atoms with Crippen LogP contribution in [0.4, 0.5) is 23.4 Å². The number of hydrogen-bond acceptors (Lipinski definition) is 3. The average Bonchev–Trinajstić information content (AvgIpc) is 3.32. The summed E-state index contributed by atoms with van der Waals surface area (Å²) in [5.41, 5.74) is 0.171. The topological polar surface area (TPSA) is 50.2 Å². The number of nitrogens with zero attached hydrogens (tertiary/aromatic N) is 3. The van der Waals surface area contributed by atoms with Crippen LogP contribution in [0, 0.1) is 11.2 Å². The lowest BCUT2D eigenvalue weighted by atomic mass is 9.82. The summed E-state index contributed by atoms with van der Waals surface area (Å²) < 4.78 is 56.4. The van der Waals surface area contributed by atoms with Gasteiger partial charge >= 0.3 is 6.18 Å². The number of rotatable bonds is 2. The van der Waals surface area contributed by atoms with Crippen LogP contribution in [-0.4, -0.2) is 45.9 Å². The average molecular weight is 438 g/mol. The van der Waals surface area contributed by atoms with Crippen LogP contribution in [0.3, 0.4) is 0 Å². The highest BCUT2D eigenvalue weighted by atomic mass is 19.4. The number of hydrogen-bond donors (Lipinski definition) is 1. The molecular formula is C22H26F4N4O. The molecule has 1 fully saturated rings.